The first-order chi connectivity index (χ1) is 25.5. The first-order valence-electron chi connectivity index (χ1n) is 17.8. The van der Waals surface area contributed by atoms with Crippen LogP contribution in [0.3, 0.4) is 0 Å². The van der Waals surface area contributed by atoms with Crippen molar-refractivity contribution in [1.82, 2.24) is 19.5 Å². The molecule has 2 aromatic heterocycles. The normalized spacial score (nSPS) is 13.0. The number of fused-ring (bicyclic) bond motifs is 5. The van der Waals surface area contributed by atoms with Gasteiger partial charge in [0, 0.05) is 33.2 Å². The third-order valence-corrected chi connectivity index (χ3v) is 10.6. The Morgan fingerprint density at radius 2 is 1.12 bits per heavy atom. The lowest BCUT2D eigenvalue weighted by molar-refractivity contribution is 0.660. The molecule has 0 fully saturated rings. The fourth-order valence-electron chi connectivity index (χ4n) is 8.06. The monoisotopic (exact) mass is 666 g/mol. The summed E-state index contributed by atoms with van der Waals surface area (Å²) in [7, 11) is 0. The molecular formula is C48H34N4. The van der Waals surface area contributed by atoms with Crippen LogP contribution in [0.5, 0.6) is 0 Å². The largest absolute Gasteiger partial charge is 0.292 e. The van der Waals surface area contributed by atoms with Gasteiger partial charge in [-0.25, -0.2) is 15.0 Å². The molecule has 2 heterocycles. The van der Waals surface area contributed by atoms with Gasteiger partial charge >= 0.3 is 0 Å². The molecule has 0 bridgehead atoms. The predicted molar refractivity (Wildman–Crippen MR) is 213 cm³/mol. The lowest BCUT2D eigenvalue weighted by Crippen LogP contribution is -2.14. The average Bonchev–Trinajstić information content (AvgIpc) is 3.70. The van der Waals surface area contributed by atoms with Gasteiger partial charge in [0.1, 0.15) is 5.82 Å². The van der Waals surface area contributed by atoms with Gasteiger partial charge in [0.25, 0.3) is 0 Å². The van der Waals surface area contributed by atoms with Crippen molar-refractivity contribution in [2.24, 2.45) is 0 Å². The van der Waals surface area contributed by atoms with Crippen LogP contribution >= 0.6 is 0 Å². The van der Waals surface area contributed by atoms with Crippen molar-refractivity contribution < 1.29 is 0 Å². The van der Waals surface area contributed by atoms with E-state index in [9.17, 15) is 0 Å². The van der Waals surface area contributed by atoms with Crippen LogP contribution in [0.2, 0.25) is 0 Å². The van der Waals surface area contributed by atoms with E-state index in [-0.39, 0.29) is 5.41 Å². The number of hydrogen-bond acceptors (Lipinski definition) is 3. The highest BCUT2D eigenvalue weighted by Crippen LogP contribution is 2.51. The first kappa shape index (κ1) is 30.2. The summed E-state index contributed by atoms with van der Waals surface area (Å²) < 4.78 is 2.25. The second kappa shape index (κ2) is 11.7. The average molecular weight is 667 g/mol. The Morgan fingerprint density at radius 3 is 1.94 bits per heavy atom. The Morgan fingerprint density at radius 1 is 0.462 bits per heavy atom. The quantitative estimate of drug-likeness (QED) is 0.184. The molecule has 1 aliphatic carbocycles. The van der Waals surface area contributed by atoms with E-state index in [0.717, 1.165) is 72.8 Å². The summed E-state index contributed by atoms with van der Waals surface area (Å²) in [6, 6.07) is 59.9. The number of hydrogen-bond donors (Lipinski definition) is 0. The smallest absolute Gasteiger partial charge is 0.161 e. The van der Waals surface area contributed by atoms with Crippen LogP contribution in [0.4, 0.5) is 0 Å². The maximum atomic E-state index is 5.33. The highest BCUT2D eigenvalue weighted by molar-refractivity contribution is 5.97. The number of nitrogens with zero attached hydrogens (tertiary/aromatic N) is 4. The summed E-state index contributed by atoms with van der Waals surface area (Å²) in [5.41, 5.74) is 15.5. The van der Waals surface area contributed by atoms with Crippen LogP contribution in [0, 0.1) is 0 Å². The topological polar surface area (TPSA) is 43.6 Å². The minimum Gasteiger partial charge on any atom is -0.292 e. The lowest BCUT2D eigenvalue weighted by atomic mass is 9.82. The zero-order valence-corrected chi connectivity index (χ0v) is 29.0. The Kier molecular flexibility index (Phi) is 6.80. The highest BCUT2D eigenvalue weighted by atomic mass is 15.1. The molecule has 4 nitrogen and oxygen atoms in total. The standard InChI is InChI=1S/C48H34N4/c1-48(2)39-21-11-9-18-36(39)44-38(20-13-22-40(44)48)46-49-41-23-12-10-19-37(41)45(51-46)32-26-24-31(25-27-32)34-28-29-43-42(30-34)50-47(33-14-5-3-6-15-33)52(43)35-16-7-4-8-17-35/h3-30H,1-2H3. The number of rotatable bonds is 5. The minimum atomic E-state index is -0.0940. The molecule has 0 N–H and O–H groups in total. The van der Waals surface area contributed by atoms with E-state index in [1.165, 1.54) is 22.3 Å². The fourth-order valence-corrected chi connectivity index (χ4v) is 8.06. The van der Waals surface area contributed by atoms with Gasteiger partial charge in [0.05, 0.1) is 22.2 Å². The van der Waals surface area contributed by atoms with E-state index in [4.69, 9.17) is 15.0 Å². The summed E-state index contributed by atoms with van der Waals surface area (Å²) in [6.45, 7) is 4.62. The van der Waals surface area contributed by atoms with Gasteiger partial charge in [-0.05, 0) is 63.7 Å². The third-order valence-electron chi connectivity index (χ3n) is 10.6. The van der Waals surface area contributed by atoms with Crippen LogP contribution in [-0.4, -0.2) is 19.5 Å². The summed E-state index contributed by atoms with van der Waals surface area (Å²) in [5.74, 6) is 1.67. The minimum absolute atomic E-state index is 0.0940. The maximum Gasteiger partial charge on any atom is 0.161 e. The molecular weight excluding hydrogens is 633 g/mol. The third kappa shape index (κ3) is 4.72. The van der Waals surface area contributed by atoms with Gasteiger partial charge < -0.3 is 0 Å². The molecule has 7 aromatic carbocycles. The molecule has 0 radical (unpaired) electrons. The molecule has 4 heteroatoms. The van der Waals surface area contributed by atoms with Crippen molar-refractivity contribution in [3.8, 4) is 62.0 Å². The maximum absolute atomic E-state index is 5.33. The molecule has 10 rings (SSSR count). The molecule has 0 aliphatic heterocycles. The zero-order valence-electron chi connectivity index (χ0n) is 29.0. The molecule has 0 atom stereocenters. The van der Waals surface area contributed by atoms with Crippen molar-refractivity contribution in [2.45, 2.75) is 19.3 Å². The Balaban J connectivity index is 1.07. The second-order valence-electron chi connectivity index (χ2n) is 14.1. The van der Waals surface area contributed by atoms with Gasteiger partial charge in [0.15, 0.2) is 5.82 Å². The Labute approximate surface area is 302 Å². The molecule has 1 aliphatic rings. The van der Waals surface area contributed by atoms with Crippen molar-refractivity contribution in [3.63, 3.8) is 0 Å². The second-order valence-corrected chi connectivity index (χ2v) is 14.1. The van der Waals surface area contributed by atoms with Gasteiger partial charge in [-0.15, -0.1) is 0 Å². The van der Waals surface area contributed by atoms with Crippen molar-refractivity contribution in [3.05, 3.63) is 181 Å². The van der Waals surface area contributed by atoms with Gasteiger partial charge in [-0.3, -0.25) is 4.57 Å². The number of aromatic nitrogens is 4. The predicted octanol–water partition coefficient (Wildman–Crippen LogP) is 11.9. The Hall–Kier alpha value is -6.65. The van der Waals surface area contributed by atoms with Crippen LogP contribution < -0.4 is 0 Å². The summed E-state index contributed by atoms with van der Waals surface area (Å²) in [5, 5.41) is 1.04. The van der Waals surface area contributed by atoms with Gasteiger partial charge in [-0.1, -0.05) is 153 Å². The van der Waals surface area contributed by atoms with E-state index in [2.05, 4.69) is 176 Å². The first-order valence-corrected chi connectivity index (χ1v) is 17.8. The van der Waals surface area contributed by atoms with Gasteiger partial charge in [0.2, 0.25) is 0 Å². The molecule has 9 aromatic rings. The molecule has 0 saturated carbocycles. The van der Waals surface area contributed by atoms with Crippen molar-refractivity contribution in [1.29, 1.82) is 0 Å². The van der Waals surface area contributed by atoms with Crippen LogP contribution in [0.1, 0.15) is 25.0 Å². The molecule has 52 heavy (non-hydrogen) atoms. The molecule has 0 saturated heterocycles. The summed E-state index contributed by atoms with van der Waals surface area (Å²) in [6.07, 6.45) is 0. The van der Waals surface area contributed by atoms with E-state index >= 15 is 0 Å². The molecule has 0 amide bonds. The number of para-hydroxylation sites is 2. The molecule has 0 unspecified atom stereocenters. The van der Waals surface area contributed by atoms with Crippen LogP contribution in [0.15, 0.2) is 170 Å². The highest BCUT2D eigenvalue weighted by Gasteiger charge is 2.37. The van der Waals surface area contributed by atoms with E-state index in [1.807, 2.05) is 12.1 Å². The van der Waals surface area contributed by atoms with Crippen molar-refractivity contribution >= 4 is 21.9 Å². The number of imidazole rings is 1. The van der Waals surface area contributed by atoms with E-state index in [1.54, 1.807) is 0 Å². The Bertz CT molecular complexity index is 2800. The lowest BCUT2D eigenvalue weighted by Gasteiger charge is -2.21. The molecule has 0 spiro atoms. The van der Waals surface area contributed by atoms with Crippen molar-refractivity contribution in [2.75, 3.05) is 0 Å². The molecule has 246 valence electrons. The fraction of sp³-hybridized carbons (Fsp3) is 0.0625. The van der Waals surface area contributed by atoms with Gasteiger partial charge in [-0.2, -0.15) is 0 Å². The summed E-state index contributed by atoms with van der Waals surface area (Å²) in [4.78, 5) is 15.7. The van der Waals surface area contributed by atoms with E-state index < -0.39 is 0 Å². The van der Waals surface area contributed by atoms with Crippen LogP contribution in [0.25, 0.3) is 83.9 Å². The van der Waals surface area contributed by atoms with Crippen LogP contribution in [-0.2, 0) is 5.41 Å². The number of benzene rings is 7. The summed E-state index contributed by atoms with van der Waals surface area (Å²) >= 11 is 0. The zero-order chi connectivity index (χ0) is 34.8. The van der Waals surface area contributed by atoms with E-state index in [0.29, 0.717) is 0 Å². The SMILES string of the molecule is CC1(C)c2ccccc2-c2c(-c3nc(-c4ccc(-c5ccc6c(c5)nc(-c5ccccc5)n6-c5ccccc5)cc4)c4ccccc4n3)cccc21.